The summed E-state index contributed by atoms with van der Waals surface area (Å²) in [6, 6.07) is -38.1. The topological polar surface area (TPSA) is 23.4 Å². The molecular weight excluding hydrogens is 733 g/mol. The lowest BCUT2D eigenvalue weighted by Crippen LogP contribution is -2.75. The molecule has 0 spiro atoms. The van der Waals surface area contributed by atoms with Crippen LogP contribution in [0.2, 0.25) is 0 Å². The van der Waals surface area contributed by atoms with E-state index >= 15 is 0 Å². The van der Waals surface area contributed by atoms with Crippen molar-refractivity contribution in [2.75, 3.05) is 0 Å². The van der Waals surface area contributed by atoms with Gasteiger partial charge in [-0.1, -0.05) is 175 Å². The molecule has 0 radical (unpaired) electrons. The summed E-state index contributed by atoms with van der Waals surface area (Å²) in [5.41, 5.74) is -6.94. The number of hydrogen-bond acceptors (Lipinski definition) is 2. The number of aromatic nitrogens is 1. The lowest BCUT2D eigenvalue weighted by atomic mass is 9.50. The zero-order chi connectivity index (χ0) is 69.4. The molecule has 0 unspecified atom stereocenters. The molecule has 5 heteroatoms. The van der Waals surface area contributed by atoms with Gasteiger partial charge in [-0.15, -0.1) is 0 Å². The van der Waals surface area contributed by atoms with E-state index in [1.807, 2.05) is 0 Å². The number of para-hydroxylation sites is 4. The molecule has 276 valence electrons. The molecule has 12 rings (SSSR count). The van der Waals surface area contributed by atoms with Crippen LogP contribution in [0.4, 0.5) is 0 Å². The molecule has 1 aromatic heterocycles. The van der Waals surface area contributed by atoms with Crippen LogP contribution in [0.3, 0.4) is 0 Å². The molecule has 10 aromatic rings. The summed E-state index contributed by atoms with van der Waals surface area (Å²) in [4.78, 5) is 0. The number of rotatable bonds is 6. The highest BCUT2D eigenvalue weighted by Crippen LogP contribution is 2.43. The van der Waals surface area contributed by atoms with Gasteiger partial charge in [-0.05, 0) is 74.2 Å². The van der Waals surface area contributed by atoms with Crippen LogP contribution in [0.15, 0.2) is 218 Å². The van der Waals surface area contributed by atoms with Crippen molar-refractivity contribution in [2.45, 2.75) is 0 Å². The summed E-state index contributed by atoms with van der Waals surface area (Å²) >= 11 is 0. The monoisotopic (exact) mass is 804 g/mol. The second-order valence-corrected chi connectivity index (χ2v) is 16.4. The van der Waals surface area contributed by atoms with Gasteiger partial charge >= 0.3 is 6.92 Å². The van der Waals surface area contributed by atoms with Crippen LogP contribution >= 0.6 is 0 Å². The average Bonchev–Trinajstić information content (AvgIpc) is 0.806. The maximum Gasteiger partial charge on any atom is 0.434 e. The molecule has 3 nitrogen and oxygen atoms in total. The maximum absolute atomic E-state index is 10.5. The second-order valence-electron chi connectivity index (χ2n) is 12.9. The molecule has 0 aliphatic carbocycles. The Kier molecular flexibility index (Phi) is 3.15. The molecule has 0 saturated heterocycles. The van der Waals surface area contributed by atoms with Gasteiger partial charge in [0.2, 0.25) is 0 Å². The van der Waals surface area contributed by atoms with Gasteiger partial charge in [0.25, 0.3) is 0 Å². The van der Waals surface area contributed by atoms with Crippen molar-refractivity contribution in [3.63, 3.8) is 0 Å². The second kappa shape index (κ2) is 13.4. The van der Waals surface area contributed by atoms with Gasteiger partial charge in [-0.25, -0.2) is 0 Å². The fraction of sp³-hybridized carbons (Fsp3) is 0. The summed E-state index contributed by atoms with van der Waals surface area (Å²) in [6.07, 6.45) is 0. The van der Waals surface area contributed by atoms with Crippen molar-refractivity contribution in [2.24, 2.45) is 0 Å². The number of hydrogen-bond donors (Lipinski definition) is 0. The maximum atomic E-state index is 10.5. The van der Waals surface area contributed by atoms with Crippen LogP contribution in [-0.2, 0) is 0 Å². The predicted molar refractivity (Wildman–Crippen MR) is 247 cm³/mol. The van der Waals surface area contributed by atoms with Crippen LogP contribution in [0.25, 0.3) is 49.7 Å². The highest BCUT2D eigenvalue weighted by Gasteiger charge is 2.45. The Labute approximate surface area is 393 Å². The molecule has 0 bridgehead atoms. The summed E-state index contributed by atoms with van der Waals surface area (Å²) < 4.78 is 339. The summed E-state index contributed by atoms with van der Waals surface area (Å²) in [6.45, 7) is -2.16. The Balaban J connectivity index is 1.32. The SMILES string of the molecule is [2H]c1cc([2H])c2c(c1[2H])-c1c([2H])c(-c3c([2H])c([2H])c([2H])c([2H])c3-n3c4c([2H])c([2H])c([2H])c([2H])c4c4c([2H])c([2H])c([2H])c([2H])c43)c([2H])c3c1B(O2)c1c([2H])c([2H])c([Si](c2c([2H])c([2H])c([2H])c([2H])c2[2H])(c2c([2H])c([2H])c([2H])c([2H])c2[2H])c2c([2H])c([2H])c([2H])c([2H])c2[2H])c([2H])c1O3. The fourth-order valence-electron chi connectivity index (χ4n) is 7.47. The average molecular weight is 805 g/mol. The molecule has 9 aromatic carbocycles. The van der Waals surface area contributed by atoms with Crippen molar-refractivity contribution in [3.8, 4) is 45.2 Å². The molecule has 2 aliphatic rings. The van der Waals surface area contributed by atoms with Crippen LogP contribution in [-0.4, -0.2) is 19.6 Å². The highest BCUT2D eigenvalue weighted by atomic mass is 28.3. The smallest absolute Gasteiger partial charge is 0.434 e. The summed E-state index contributed by atoms with van der Waals surface area (Å²) in [7, 11) is -6.49. The Morgan fingerprint density at radius 3 is 1.68 bits per heavy atom. The van der Waals surface area contributed by atoms with Crippen LogP contribution < -0.4 is 41.1 Å². The number of ether oxygens (including phenoxy) is 1. The standard InChI is InChI=1S/C54H36BNO2Si/c1-4-18-38(19-5-1)59(39-20-6-2-7-21-39,40-22-8-3-9-23-40)41-32-33-47-52(36-41)57-53-35-37(34-46-45-27-13-17-31-51(45)58-55(47)54(46)53)42-24-10-14-28-48(42)56-49-29-15-11-25-43(49)44-26-12-16-30-50(44)56/h1-36H/i1D,2D,3D,4D,5D,6D,7D,8D,9D,10D,11D,12D,13D,14D,15D,16D,18D,19D,20D,21D,22D,23D,24D,25D,26D,27D,28D,29D,30D,31D,32D,33D,34D,35D,36D. The zero-order valence-corrected chi connectivity index (χ0v) is 30.4. The van der Waals surface area contributed by atoms with Crippen molar-refractivity contribution >= 4 is 68.5 Å². The Morgan fingerprint density at radius 2 is 1.02 bits per heavy atom. The van der Waals surface area contributed by atoms with Gasteiger partial charge in [0, 0.05) is 32.8 Å². The van der Waals surface area contributed by atoms with E-state index in [1.54, 1.807) is 0 Å². The van der Waals surface area contributed by atoms with E-state index in [-0.39, 0.29) is 0 Å². The third kappa shape index (κ3) is 5.08. The molecule has 0 saturated carbocycles. The van der Waals surface area contributed by atoms with E-state index in [1.165, 1.54) is 0 Å². The van der Waals surface area contributed by atoms with E-state index in [4.69, 9.17) is 34.1 Å². The first-order chi connectivity index (χ1) is 43.8. The van der Waals surface area contributed by atoms with E-state index in [0.717, 1.165) is 6.07 Å². The first-order valence-electron chi connectivity index (χ1n) is 34.9. The predicted octanol–water partition coefficient (Wildman–Crippen LogP) is 9.10. The third-order valence-corrected chi connectivity index (χ3v) is 13.9. The quantitative estimate of drug-likeness (QED) is 0.124. The lowest BCUT2D eigenvalue weighted by molar-refractivity contribution is 0.480. The Bertz CT molecular complexity index is 4970. The molecule has 0 atom stereocenters. The molecule has 0 amide bonds. The minimum Gasteiger partial charge on any atom is -0.551 e. The molecule has 59 heavy (non-hydrogen) atoms. The van der Waals surface area contributed by atoms with Crippen molar-refractivity contribution in [1.82, 2.24) is 4.57 Å². The highest BCUT2D eigenvalue weighted by molar-refractivity contribution is 7.20. The zero-order valence-electron chi connectivity index (χ0n) is 64.4. The van der Waals surface area contributed by atoms with Gasteiger partial charge in [-0.3, -0.25) is 0 Å². The number of benzene rings is 9. The lowest BCUT2D eigenvalue weighted by Gasteiger charge is -2.37. The van der Waals surface area contributed by atoms with Gasteiger partial charge in [0.15, 0.2) is 8.07 Å². The molecule has 0 N–H and O–H groups in total. The molecule has 3 heterocycles. The van der Waals surface area contributed by atoms with Gasteiger partial charge in [0.05, 0.1) is 64.7 Å². The van der Waals surface area contributed by atoms with Crippen molar-refractivity contribution in [3.05, 3.63) is 218 Å². The van der Waals surface area contributed by atoms with E-state index in [2.05, 4.69) is 0 Å². The minimum atomic E-state index is -6.49. The minimum absolute atomic E-state index is 0.579. The first-order valence-corrected chi connectivity index (χ1v) is 19.4. The Hall–Kier alpha value is -7.34. The van der Waals surface area contributed by atoms with Crippen LogP contribution in [0.5, 0.6) is 17.2 Å². The van der Waals surface area contributed by atoms with E-state index in [9.17, 15) is 23.3 Å². The van der Waals surface area contributed by atoms with Gasteiger partial charge in [0.1, 0.15) is 17.2 Å². The normalized spacial score (nSPS) is 20.9. The van der Waals surface area contributed by atoms with E-state index in [0.29, 0.717) is 4.57 Å². The fourth-order valence-corrected chi connectivity index (χ4v) is 11.0. The summed E-state index contributed by atoms with van der Waals surface area (Å²) in [5, 5.41) is -5.93. The Morgan fingerprint density at radius 1 is 0.441 bits per heavy atom. The van der Waals surface area contributed by atoms with Crippen molar-refractivity contribution < 1.29 is 57.4 Å². The van der Waals surface area contributed by atoms with Gasteiger partial charge < -0.3 is 14.0 Å². The van der Waals surface area contributed by atoms with Gasteiger partial charge in [-0.2, -0.15) is 0 Å². The van der Waals surface area contributed by atoms with E-state index < -0.39 is 325 Å². The number of fused-ring (bicyclic) bond motifs is 7. The third-order valence-electron chi connectivity index (χ3n) is 9.90. The van der Waals surface area contributed by atoms with Crippen LogP contribution in [0, 0.1) is 0 Å². The molecular formula is C54H36BNO2Si. The first kappa shape index (κ1) is 13.9. The van der Waals surface area contributed by atoms with Crippen LogP contribution in [0.1, 0.15) is 48.0 Å². The largest absolute Gasteiger partial charge is 0.551 e. The summed E-state index contributed by atoms with van der Waals surface area (Å²) in [5.74, 6) is -2.75. The number of nitrogens with zero attached hydrogens (tertiary/aromatic N) is 1. The molecule has 2 aliphatic heterocycles. The molecule has 0 fully saturated rings. The van der Waals surface area contributed by atoms with Crippen molar-refractivity contribution in [1.29, 1.82) is 0 Å².